The summed E-state index contributed by atoms with van der Waals surface area (Å²) in [5, 5.41) is 2.74. The molecule has 0 fully saturated rings. The third-order valence-corrected chi connectivity index (χ3v) is 3.90. The Hall–Kier alpha value is -1.82. The molecular formula is C15H19NO4S. The summed E-state index contributed by atoms with van der Waals surface area (Å²) in [7, 11) is 1.34. The lowest BCUT2D eigenvalue weighted by atomic mass is 10.1. The standard InChI is InChI=1S/C15H19NO4S/c1-10(7-15(19)20-3)21-9-14(18)16-13-6-4-5-12(8-13)11(2)17/h4-6,8,10H,7,9H2,1-3H3,(H,16,18). The Labute approximate surface area is 128 Å². The van der Waals surface area contributed by atoms with E-state index in [-0.39, 0.29) is 35.1 Å². The number of hydrogen-bond donors (Lipinski definition) is 1. The lowest BCUT2D eigenvalue weighted by Crippen LogP contribution is -2.17. The second-order valence-electron chi connectivity index (χ2n) is 4.59. The van der Waals surface area contributed by atoms with Gasteiger partial charge >= 0.3 is 5.97 Å². The third-order valence-electron chi connectivity index (χ3n) is 2.73. The zero-order valence-corrected chi connectivity index (χ0v) is 13.2. The van der Waals surface area contributed by atoms with Gasteiger partial charge in [-0.05, 0) is 19.1 Å². The molecule has 21 heavy (non-hydrogen) atoms. The van der Waals surface area contributed by atoms with Crippen LogP contribution in [0.15, 0.2) is 24.3 Å². The summed E-state index contributed by atoms with van der Waals surface area (Å²) in [5.74, 6) is -0.267. The van der Waals surface area contributed by atoms with E-state index in [9.17, 15) is 14.4 Å². The number of carbonyl (C=O) groups is 3. The van der Waals surface area contributed by atoms with Crippen molar-refractivity contribution in [3.63, 3.8) is 0 Å². The van der Waals surface area contributed by atoms with Crippen LogP contribution >= 0.6 is 11.8 Å². The SMILES string of the molecule is COC(=O)CC(C)SCC(=O)Nc1cccc(C(C)=O)c1. The van der Waals surface area contributed by atoms with Gasteiger partial charge in [-0.3, -0.25) is 14.4 Å². The number of thioether (sulfide) groups is 1. The fourth-order valence-electron chi connectivity index (χ4n) is 1.61. The number of carbonyl (C=O) groups excluding carboxylic acids is 3. The molecular weight excluding hydrogens is 290 g/mol. The van der Waals surface area contributed by atoms with Crippen molar-refractivity contribution in [1.29, 1.82) is 0 Å². The minimum atomic E-state index is -0.287. The van der Waals surface area contributed by atoms with E-state index in [2.05, 4.69) is 10.1 Å². The highest BCUT2D eigenvalue weighted by molar-refractivity contribution is 8.00. The molecule has 6 heteroatoms. The molecule has 0 spiro atoms. The number of esters is 1. The summed E-state index contributed by atoms with van der Waals surface area (Å²) in [6.45, 7) is 3.34. The average Bonchev–Trinajstić information content (AvgIpc) is 2.45. The summed E-state index contributed by atoms with van der Waals surface area (Å²) in [6.07, 6.45) is 0.272. The van der Waals surface area contributed by atoms with Crippen molar-refractivity contribution in [1.82, 2.24) is 0 Å². The van der Waals surface area contributed by atoms with Crippen LogP contribution in [0.4, 0.5) is 5.69 Å². The highest BCUT2D eigenvalue weighted by Crippen LogP contribution is 2.16. The van der Waals surface area contributed by atoms with Crippen LogP contribution in [-0.2, 0) is 14.3 Å². The Morgan fingerprint density at radius 2 is 2.05 bits per heavy atom. The second kappa shape index (κ2) is 8.46. The summed E-state index contributed by atoms with van der Waals surface area (Å²) in [6, 6.07) is 6.79. The maximum atomic E-state index is 11.8. The van der Waals surface area contributed by atoms with E-state index in [4.69, 9.17) is 0 Å². The van der Waals surface area contributed by atoms with E-state index in [1.807, 2.05) is 6.92 Å². The zero-order chi connectivity index (χ0) is 15.8. The maximum Gasteiger partial charge on any atom is 0.306 e. The van der Waals surface area contributed by atoms with Gasteiger partial charge in [0.05, 0.1) is 19.3 Å². The van der Waals surface area contributed by atoms with Crippen LogP contribution in [0.3, 0.4) is 0 Å². The van der Waals surface area contributed by atoms with Crippen molar-refractivity contribution >= 4 is 35.1 Å². The lowest BCUT2D eigenvalue weighted by molar-refractivity contribution is -0.140. The minimum absolute atomic E-state index is 0.00625. The number of amides is 1. The third kappa shape index (κ3) is 6.44. The number of ketones is 1. The molecule has 0 aliphatic heterocycles. The first-order valence-electron chi connectivity index (χ1n) is 6.51. The van der Waals surface area contributed by atoms with Gasteiger partial charge in [0, 0.05) is 16.5 Å². The summed E-state index contributed by atoms with van der Waals surface area (Å²) < 4.78 is 4.57. The highest BCUT2D eigenvalue weighted by atomic mass is 32.2. The molecule has 0 bridgehead atoms. The van der Waals surface area contributed by atoms with Crippen LogP contribution in [0.2, 0.25) is 0 Å². The number of ether oxygens (including phenoxy) is 1. The summed E-state index contributed by atoms with van der Waals surface area (Å²) in [5.41, 5.74) is 1.15. The van der Waals surface area contributed by atoms with Gasteiger partial charge in [0.25, 0.3) is 0 Å². The van der Waals surface area contributed by atoms with Gasteiger partial charge in [-0.25, -0.2) is 0 Å². The van der Waals surface area contributed by atoms with Crippen molar-refractivity contribution in [2.75, 3.05) is 18.2 Å². The number of methoxy groups -OCH3 is 1. The molecule has 1 atom stereocenters. The molecule has 1 N–H and O–H groups in total. The van der Waals surface area contributed by atoms with Crippen LogP contribution in [-0.4, -0.2) is 35.8 Å². The lowest BCUT2D eigenvalue weighted by Gasteiger charge is -2.10. The smallest absolute Gasteiger partial charge is 0.306 e. The fourth-order valence-corrected chi connectivity index (χ4v) is 2.37. The Bertz CT molecular complexity index is 530. The van der Waals surface area contributed by atoms with Crippen LogP contribution in [0, 0.1) is 0 Å². The predicted octanol–water partition coefficient (Wildman–Crippen LogP) is 2.51. The van der Waals surface area contributed by atoms with E-state index in [0.717, 1.165) is 0 Å². The highest BCUT2D eigenvalue weighted by Gasteiger charge is 2.12. The Kier molecular flexibility index (Phi) is 6.94. The van der Waals surface area contributed by atoms with Gasteiger partial charge in [0.1, 0.15) is 0 Å². The van der Waals surface area contributed by atoms with Crippen molar-refractivity contribution in [2.24, 2.45) is 0 Å². The molecule has 0 heterocycles. The number of hydrogen-bond acceptors (Lipinski definition) is 5. The topological polar surface area (TPSA) is 72.5 Å². The van der Waals surface area contributed by atoms with Crippen LogP contribution in [0.1, 0.15) is 30.6 Å². The van der Waals surface area contributed by atoms with E-state index < -0.39 is 0 Å². The van der Waals surface area contributed by atoms with Gasteiger partial charge < -0.3 is 10.1 Å². The molecule has 0 radical (unpaired) electrons. The molecule has 0 aromatic heterocycles. The van der Waals surface area contributed by atoms with E-state index in [1.54, 1.807) is 24.3 Å². The maximum absolute atomic E-state index is 11.8. The minimum Gasteiger partial charge on any atom is -0.469 e. The Balaban J connectivity index is 2.45. The number of anilines is 1. The van der Waals surface area contributed by atoms with Crippen molar-refractivity contribution in [3.8, 4) is 0 Å². The molecule has 0 saturated carbocycles. The van der Waals surface area contributed by atoms with E-state index >= 15 is 0 Å². The van der Waals surface area contributed by atoms with Crippen LogP contribution in [0.25, 0.3) is 0 Å². The molecule has 1 amide bonds. The molecule has 1 aromatic rings. The first-order chi connectivity index (χ1) is 9.92. The van der Waals surface area contributed by atoms with Crippen LogP contribution < -0.4 is 5.32 Å². The average molecular weight is 309 g/mol. The predicted molar refractivity (Wildman–Crippen MR) is 83.6 cm³/mol. The Morgan fingerprint density at radius 1 is 1.33 bits per heavy atom. The first-order valence-corrected chi connectivity index (χ1v) is 7.56. The number of nitrogens with one attached hydrogen (secondary N) is 1. The number of benzene rings is 1. The molecule has 0 aliphatic carbocycles. The number of Topliss-reactive ketones (excluding diaryl/α,β-unsaturated/α-hetero) is 1. The number of rotatable bonds is 7. The van der Waals surface area contributed by atoms with E-state index in [1.165, 1.54) is 25.8 Å². The van der Waals surface area contributed by atoms with Crippen molar-refractivity contribution in [3.05, 3.63) is 29.8 Å². The largest absolute Gasteiger partial charge is 0.469 e. The quantitative estimate of drug-likeness (QED) is 0.619. The molecule has 0 saturated heterocycles. The normalized spacial score (nSPS) is 11.6. The second-order valence-corrected chi connectivity index (χ2v) is 6.01. The fraction of sp³-hybridized carbons (Fsp3) is 0.400. The van der Waals surface area contributed by atoms with Crippen LogP contribution in [0.5, 0.6) is 0 Å². The van der Waals surface area contributed by atoms with E-state index in [0.29, 0.717) is 11.3 Å². The molecule has 0 aliphatic rings. The first kappa shape index (κ1) is 17.2. The van der Waals surface area contributed by atoms with Gasteiger partial charge in [-0.2, -0.15) is 0 Å². The van der Waals surface area contributed by atoms with Gasteiger partial charge in [0.2, 0.25) is 5.91 Å². The van der Waals surface area contributed by atoms with Crippen molar-refractivity contribution in [2.45, 2.75) is 25.5 Å². The molecule has 114 valence electrons. The molecule has 5 nitrogen and oxygen atoms in total. The van der Waals surface area contributed by atoms with Gasteiger partial charge in [0.15, 0.2) is 5.78 Å². The summed E-state index contributed by atoms with van der Waals surface area (Å²) >= 11 is 1.38. The summed E-state index contributed by atoms with van der Waals surface area (Å²) in [4.78, 5) is 34.2. The van der Waals surface area contributed by atoms with Gasteiger partial charge in [-0.1, -0.05) is 19.1 Å². The Morgan fingerprint density at radius 3 is 2.67 bits per heavy atom. The zero-order valence-electron chi connectivity index (χ0n) is 12.3. The molecule has 1 unspecified atom stereocenters. The monoisotopic (exact) mass is 309 g/mol. The van der Waals surface area contributed by atoms with Crippen molar-refractivity contribution < 1.29 is 19.1 Å². The van der Waals surface area contributed by atoms with Gasteiger partial charge in [-0.15, -0.1) is 11.8 Å². The molecule has 1 aromatic carbocycles. The molecule has 1 rings (SSSR count).